The topological polar surface area (TPSA) is 69.4 Å². The van der Waals surface area contributed by atoms with Crippen LogP contribution in [0.1, 0.15) is 5.56 Å². The Morgan fingerprint density at radius 1 is 1.57 bits per heavy atom. The number of nitro benzene ring substituents is 1. The van der Waals surface area contributed by atoms with Crippen LogP contribution < -0.4 is 4.74 Å². The van der Waals surface area contributed by atoms with Gasteiger partial charge in [-0.25, -0.2) is 4.79 Å². The van der Waals surface area contributed by atoms with Gasteiger partial charge in [-0.15, -0.1) is 0 Å². The molecule has 0 radical (unpaired) electrons. The summed E-state index contributed by atoms with van der Waals surface area (Å²) >= 11 is 4.95. The number of carbonyl (C=O) groups is 1. The van der Waals surface area contributed by atoms with Crippen LogP contribution in [0.25, 0.3) is 0 Å². The molecule has 0 aromatic heterocycles. The number of benzene rings is 1. The van der Waals surface area contributed by atoms with Crippen molar-refractivity contribution in [2.75, 3.05) is 0 Å². The van der Waals surface area contributed by atoms with Gasteiger partial charge >= 0.3 is 5.43 Å². The van der Waals surface area contributed by atoms with E-state index in [0.717, 1.165) is 6.07 Å². The number of halogens is 1. The Bertz CT molecular complexity index is 391. The Morgan fingerprint density at radius 3 is 2.71 bits per heavy atom. The maximum absolute atomic E-state index is 10.5. The van der Waals surface area contributed by atoms with E-state index in [4.69, 9.17) is 11.6 Å². The first-order valence-electron chi connectivity index (χ1n) is 3.63. The van der Waals surface area contributed by atoms with Crippen molar-refractivity contribution in [1.82, 2.24) is 0 Å². The number of hydrogen-bond acceptors (Lipinski definition) is 4. The molecule has 74 valence electrons. The van der Waals surface area contributed by atoms with E-state index in [1.165, 1.54) is 12.1 Å². The zero-order valence-corrected chi connectivity index (χ0v) is 7.95. The van der Waals surface area contributed by atoms with Gasteiger partial charge in [0.25, 0.3) is 5.69 Å². The monoisotopic (exact) mass is 215 g/mol. The third kappa shape index (κ3) is 2.43. The molecular weight excluding hydrogens is 210 g/mol. The van der Waals surface area contributed by atoms with E-state index in [0.29, 0.717) is 5.56 Å². The van der Waals surface area contributed by atoms with Gasteiger partial charge in [0.05, 0.1) is 11.0 Å². The minimum absolute atomic E-state index is 0.0577. The molecule has 1 aromatic carbocycles. The molecule has 0 aliphatic heterocycles. The first-order chi connectivity index (χ1) is 6.50. The maximum Gasteiger partial charge on any atom is 0.409 e. The second-order valence-corrected chi connectivity index (χ2v) is 2.85. The zero-order valence-electron chi connectivity index (χ0n) is 7.19. The number of nitrogens with zero attached hydrogens (tertiary/aromatic N) is 1. The van der Waals surface area contributed by atoms with Gasteiger partial charge in [0, 0.05) is 17.2 Å². The van der Waals surface area contributed by atoms with E-state index in [1.54, 1.807) is 6.92 Å². The van der Waals surface area contributed by atoms with E-state index in [9.17, 15) is 14.9 Å². The van der Waals surface area contributed by atoms with Gasteiger partial charge in [-0.05, 0) is 19.1 Å². The zero-order chi connectivity index (χ0) is 10.7. The van der Waals surface area contributed by atoms with E-state index in [2.05, 4.69) is 4.74 Å². The summed E-state index contributed by atoms with van der Waals surface area (Å²) in [5.41, 5.74) is -0.645. The highest BCUT2D eigenvalue weighted by atomic mass is 35.5. The molecule has 0 saturated carbocycles. The van der Waals surface area contributed by atoms with Crippen LogP contribution in [0.15, 0.2) is 18.2 Å². The van der Waals surface area contributed by atoms with Crippen LogP contribution in [0, 0.1) is 17.0 Å². The van der Waals surface area contributed by atoms with Crippen LogP contribution in [0.3, 0.4) is 0 Å². The number of rotatable bonds is 2. The minimum Gasteiger partial charge on any atom is -0.414 e. The fourth-order valence-corrected chi connectivity index (χ4v) is 1.03. The van der Waals surface area contributed by atoms with Gasteiger partial charge in [0.15, 0.2) is 0 Å². The van der Waals surface area contributed by atoms with Crippen LogP contribution in [0.2, 0.25) is 0 Å². The van der Waals surface area contributed by atoms with Crippen LogP contribution in [-0.4, -0.2) is 10.4 Å². The molecule has 1 rings (SSSR count). The number of carbonyl (C=O) groups excluding carboxylic acids is 1. The molecule has 0 atom stereocenters. The largest absolute Gasteiger partial charge is 0.414 e. The van der Waals surface area contributed by atoms with Gasteiger partial charge in [-0.2, -0.15) is 0 Å². The summed E-state index contributed by atoms with van der Waals surface area (Å²) in [4.78, 5) is 20.3. The number of hydrogen-bond donors (Lipinski definition) is 0. The lowest BCUT2D eigenvalue weighted by Crippen LogP contribution is -1.98. The average molecular weight is 216 g/mol. The fourth-order valence-electron chi connectivity index (χ4n) is 0.942. The van der Waals surface area contributed by atoms with Crippen LogP contribution >= 0.6 is 11.6 Å². The van der Waals surface area contributed by atoms with Crippen molar-refractivity contribution in [3.05, 3.63) is 33.9 Å². The molecule has 0 saturated heterocycles. The van der Waals surface area contributed by atoms with Crippen molar-refractivity contribution in [2.45, 2.75) is 6.92 Å². The molecule has 0 spiro atoms. The third-order valence-electron chi connectivity index (χ3n) is 1.58. The molecule has 0 fully saturated rings. The molecule has 5 nitrogen and oxygen atoms in total. The Balaban J connectivity index is 3.06. The van der Waals surface area contributed by atoms with Crippen LogP contribution in [0.4, 0.5) is 10.5 Å². The van der Waals surface area contributed by atoms with Crippen molar-refractivity contribution in [1.29, 1.82) is 0 Å². The fraction of sp³-hybridized carbons (Fsp3) is 0.125. The molecule has 0 aliphatic carbocycles. The first-order valence-corrected chi connectivity index (χ1v) is 4.01. The van der Waals surface area contributed by atoms with Gasteiger partial charge in [0.2, 0.25) is 0 Å². The van der Waals surface area contributed by atoms with Crippen molar-refractivity contribution in [3.63, 3.8) is 0 Å². The SMILES string of the molecule is Cc1ccc(OC(=O)Cl)cc1[N+](=O)[O-]. The molecule has 0 bridgehead atoms. The smallest absolute Gasteiger partial charge is 0.409 e. The normalized spacial score (nSPS) is 9.57. The summed E-state index contributed by atoms with van der Waals surface area (Å²) in [6.07, 6.45) is 0. The summed E-state index contributed by atoms with van der Waals surface area (Å²) in [7, 11) is 0. The van der Waals surface area contributed by atoms with Gasteiger partial charge in [-0.3, -0.25) is 10.1 Å². The third-order valence-corrected chi connectivity index (χ3v) is 1.65. The summed E-state index contributed by atoms with van der Waals surface area (Å²) < 4.78 is 4.48. The molecule has 0 heterocycles. The van der Waals surface area contributed by atoms with Crippen molar-refractivity contribution in [3.8, 4) is 5.75 Å². The number of aryl methyl sites for hydroxylation is 1. The molecule has 0 amide bonds. The Morgan fingerprint density at radius 2 is 2.21 bits per heavy atom. The predicted octanol–water partition coefficient (Wildman–Crippen LogP) is 2.64. The lowest BCUT2D eigenvalue weighted by atomic mass is 10.2. The Kier molecular flexibility index (Phi) is 3.03. The first kappa shape index (κ1) is 10.5. The van der Waals surface area contributed by atoms with Gasteiger partial charge in [-0.1, -0.05) is 0 Å². The quantitative estimate of drug-likeness (QED) is 0.432. The second-order valence-electron chi connectivity index (χ2n) is 2.55. The van der Waals surface area contributed by atoms with Gasteiger partial charge in [0.1, 0.15) is 5.75 Å². The van der Waals surface area contributed by atoms with Crippen molar-refractivity contribution in [2.24, 2.45) is 0 Å². The Labute approximate surface area is 84.4 Å². The summed E-state index contributed by atoms with van der Waals surface area (Å²) in [5.74, 6) is 0.0577. The van der Waals surface area contributed by atoms with Crippen LogP contribution in [-0.2, 0) is 0 Å². The molecule has 0 aliphatic rings. The van der Waals surface area contributed by atoms with Crippen LogP contribution in [0.5, 0.6) is 5.75 Å². The maximum atomic E-state index is 10.5. The molecular formula is C8H6ClNO4. The minimum atomic E-state index is -1.02. The summed E-state index contributed by atoms with van der Waals surface area (Å²) in [6.45, 7) is 1.59. The molecule has 14 heavy (non-hydrogen) atoms. The van der Waals surface area contributed by atoms with E-state index < -0.39 is 10.4 Å². The predicted molar refractivity (Wildman–Crippen MR) is 49.7 cm³/mol. The molecule has 1 aromatic rings. The lowest BCUT2D eigenvalue weighted by Gasteiger charge is -2.00. The second kappa shape index (κ2) is 4.06. The lowest BCUT2D eigenvalue weighted by molar-refractivity contribution is -0.385. The number of ether oxygens (including phenoxy) is 1. The standard InChI is InChI=1S/C8H6ClNO4/c1-5-2-3-6(14-8(9)11)4-7(5)10(12)13/h2-4H,1H3. The molecule has 0 unspecified atom stereocenters. The van der Waals surface area contributed by atoms with E-state index >= 15 is 0 Å². The molecule has 6 heteroatoms. The highest BCUT2D eigenvalue weighted by Crippen LogP contribution is 2.24. The summed E-state index contributed by atoms with van der Waals surface area (Å²) in [6, 6.07) is 4.06. The van der Waals surface area contributed by atoms with E-state index in [-0.39, 0.29) is 11.4 Å². The van der Waals surface area contributed by atoms with Gasteiger partial charge < -0.3 is 4.74 Å². The number of nitro groups is 1. The molecule has 0 N–H and O–H groups in total. The van der Waals surface area contributed by atoms with E-state index in [1.807, 2.05) is 0 Å². The van der Waals surface area contributed by atoms with Crippen molar-refractivity contribution >= 4 is 22.7 Å². The Hall–Kier alpha value is -1.62. The highest BCUT2D eigenvalue weighted by Gasteiger charge is 2.12. The summed E-state index contributed by atoms with van der Waals surface area (Å²) in [5, 5.41) is 10.5. The highest BCUT2D eigenvalue weighted by molar-refractivity contribution is 6.61. The average Bonchev–Trinajstić information content (AvgIpc) is 2.07. The van der Waals surface area contributed by atoms with Crippen molar-refractivity contribution < 1.29 is 14.5 Å².